The summed E-state index contributed by atoms with van der Waals surface area (Å²) in [5.74, 6) is 1.65. The number of aromatic hydroxyl groups is 1. The summed E-state index contributed by atoms with van der Waals surface area (Å²) in [5, 5.41) is 13.1. The van der Waals surface area contributed by atoms with E-state index in [1.807, 2.05) is 13.8 Å². The van der Waals surface area contributed by atoms with Gasteiger partial charge in [0, 0.05) is 18.4 Å². The summed E-state index contributed by atoms with van der Waals surface area (Å²) in [6, 6.07) is -1.51. The Morgan fingerprint density at radius 3 is 2.64 bits per heavy atom. The summed E-state index contributed by atoms with van der Waals surface area (Å²) in [4.78, 5) is 15.0. The summed E-state index contributed by atoms with van der Waals surface area (Å²) in [7, 11) is 0. The minimum Gasteiger partial charge on any atom is -0.492 e. The Morgan fingerprint density at radius 1 is 1.36 bits per heavy atom. The molecule has 1 fully saturated rings. The molecule has 0 radical (unpaired) electrons. The van der Waals surface area contributed by atoms with Gasteiger partial charge in [-0.05, 0) is 45.1 Å². The molecule has 3 rings (SSSR count). The molecule has 3 heterocycles. The molecule has 120 valence electrons. The van der Waals surface area contributed by atoms with E-state index in [0.29, 0.717) is 12.2 Å². The largest absolute Gasteiger partial charge is 0.492 e. The molecule has 1 saturated heterocycles. The van der Waals surface area contributed by atoms with Gasteiger partial charge in [0.05, 0.1) is 11.4 Å². The highest BCUT2D eigenvalue weighted by Crippen LogP contribution is 2.63. The zero-order chi connectivity index (χ0) is 15.7. The molecule has 6 nitrogen and oxygen atoms in total. The van der Waals surface area contributed by atoms with Gasteiger partial charge < -0.3 is 20.4 Å². The van der Waals surface area contributed by atoms with Crippen molar-refractivity contribution in [2.45, 2.75) is 32.3 Å². The maximum absolute atomic E-state index is 9.80. The van der Waals surface area contributed by atoms with Crippen LogP contribution in [0.1, 0.15) is 35.7 Å². The lowest BCUT2D eigenvalue weighted by atomic mass is 10.4. The molecular formula is C14H22N5OPS. The fraction of sp³-hybridized carbons (Fsp3) is 0.571. The predicted molar refractivity (Wildman–Crippen MR) is 92.8 cm³/mol. The van der Waals surface area contributed by atoms with Crippen LogP contribution < -0.4 is 5.32 Å². The molecular weight excluding hydrogens is 317 g/mol. The van der Waals surface area contributed by atoms with Crippen molar-refractivity contribution < 1.29 is 5.11 Å². The summed E-state index contributed by atoms with van der Waals surface area (Å²) in [6.45, 7) is 4.49. The van der Waals surface area contributed by atoms with Crippen LogP contribution in [0, 0.1) is 13.8 Å². The standard InChI is InChI=1S/C14H22N5OPS/c1-9-7-15-14(17-9)16-8-11(21(22)5-3-4-6-21)12-18-10(2)13(20)19-12/h7,11,20H,3-6,8H2,1-2H3,(H,18,19)(H2,15,16,17). The number of imidazole rings is 2. The van der Waals surface area contributed by atoms with Crippen molar-refractivity contribution in [1.82, 2.24) is 19.9 Å². The number of nitrogens with zero attached hydrogens (tertiary/aromatic N) is 2. The van der Waals surface area contributed by atoms with Crippen LogP contribution in [-0.4, -0.2) is 43.9 Å². The molecule has 1 atom stereocenters. The number of H-pyrrole nitrogens is 2. The van der Waals surface area contributed by atoms with Gasteiger partial charge in [0.15, 0.2) is 5.95 Å². The third-order valence-corrected chi connectivity index (χ3v) is 9.82. The lowest BCUT2D eigenvalue weighted by Gasteiger charge is -2.26. The van der Waals surface area contributed by atoms with Gasteiger partial charge in [-0.15, -0.1) is 0 Å². The number of rotatable bonds is 5. The van der Waals surface area contributed by atoms with E-state index in [1.54, 1.807) is 6.20 Å². The monoisotopic (exact) mass is 339 g/mol. The lowest BCUT2D eigenvalue weighted by Crippen LogP contribution is -2.16. The van der Waals surface area contributed by atoms with Crippen molar-refractivity contribution in [3.63, 3.8) is 0 Å². The molecule has 2 aromatic heterocycles. The van der Waals surface area contributed by atoms with Gasteiger partial charge in [-0.3, -0.25) is 0 Å². The highest BCUT2D eigenvalue weighted by molar-refractivity contribution is 8.14. The van der Waals surface area contributed by atoms with Gasteiger partial charge in [-0.25, -0.2) is 4.98 Å². The van der Waals surface area contributed by atoms with Crippen LogP contribution in [0.25, 0.3) is 0 Å². The Bertz CT molecular complexity index is 680. The van der Waals surface area contributed by atoms with Crippen molar-refractivity contribution in [3.05, 3.63) is 23.4 Å². The molecule has 2 aromatic rings. The number of nitrogens with one attached hydrogen (secondary N) is 3. The Kier molecular flexibility index (Phi) is 4.28. The molecule has 0 bridgehead atoms. The van der Waals surface area contributed by atoms with Crippen molar-refractivity contribution in [2.24, 2.45) is 0 Å². The topological polar surface area (TPSA) is 89.6 Å². The fourth-order valence-corrected chi connectivity index (χ4v) is 7.65. The Balaban J connectivity index is 1.84. The minimum atomic E-state index is -1.51. The zero-order valence-corrected chi connectivity index (χ0v) is 14.6. The molecule has 0 spiro atoms. The van der Waals surface area contributed by atoms with E-state index in [9.17, 15) is 5.11 Å². The van der Waals surface area contributed by atoms with E-state index >= 15 is 0 Å². The average Bonchev–Trinajstić information content (AvgIpc) is 3.15. The molecule has 1 aliphatic rings. The summed E-state index contributed by atoms with van der Waals surface area (Å²) >= 11 is 6.04. The molecule has 1 aliphatic heterocycles. The van der Waals surface area contributed by atoms with Gasteiger partial charge in [-0.2, -0.15) is 4.98 Å². The van der Waals surface area contributed by atoms with Crippen LogP contribution in [-0.2, 0) is 11.8 Å². The summed E-state index contributed by atoms with van der Waals surface area (Å²) in [5.41, 5.74) is 1.87. The number of hydrogen-bond acceptors (Lipinski definition) is 5. The smallest absolute Gasteiger partial charge is 0.232 e. The fourth-order valence-electron chi connectivity index (χ4n) is 3.00. The van der Waals surface area contributed by atoms with Crippen LogP contribution in [0.3, 0.4) is 0 Å². The molecule has 0 saturated carbocycles. The normalized spacial score (nSPS) is 18.5. The first-order chi connectivity index (χ1) is 10.5. The Hall–Kier alpha value is -1.33. The van der Waals surface area contributed by atoms with Crippen molar-refractivity contribution in [2.75, 3.05) is 24.2 Å². The van der Waals surface area contributed by atoms with Gasteiger partial charge in [0.25, 0.3) is 0 Å². The zero-order valence-electron chi connectivity index (χ0n) is 12.9. The Labute approximate surface area is 135 Å². The average molecular weight is 339 g/mol. The van der Waals surface area contributed by atoms with Crippen LogP contribution in [0.2, 0.25) is 0 Å². The second-order valence-corrected chi connectivity index (χ2v) is 11.6. The molecule has 22 heavy (non-hydrogen) atoms. The highest BCUT2D eigenvalue weighted by Gasteiger charge is 2.35. The van der Waals surface area contributed by atoms with Crippen molar-refractivity contribution in [1.29, 1.82) is 0 Å². The maximum atomic E-state index is 9.80. The second kappa shape index (κ2) is 6.05. The van der Waals surface area contributed by atoms with E-state index in [4.69, 9.17) is 11.8 Å². The van der Waals surface area contributed by atoms with Crippen LogP contribution in [0.5, 0.6) is 5.88 Å². The van der Waals surface area contributed by atoms with E-state index < -0.39 is 6.04 Å². The molecule has 8 heteroatoms. The van der Waals surface area contributed by atoms with Crippen LogP contribution in [0.15, 0.2) is 6.20 Å². The van der Waals surface area contributed by atoms with E-state index in [2.05, 4.69) is 25.3 Å². The predicted octanol–water partition coefficient (Wildman–Crippen LogP) is 2.88. The summed E-state index contributed by atoms with van der Waals surface area (Å²) in [6.07, 6.45) is 6.45. The third-order valence-electron chi connectivity index (χ3n) is 4.25. The number of hydrogen-bond donors (Lipinski definition) is 4. The number of aryl methyl sites for hydroxylation is 2. The van der Waals surface area contributed by atoms with E-state index in [0.717, 1.165) is 29.8 Å². The summed E-state index contributed by atoms with van der Waals surface area (Å²) < 4.78 is 0. The first-order valence-corrected chi connectivity index (χ1v) is 10.8. The van der Waals surface area contributed by atoms with E-state index in [1.165, 1.54) is 12.8 Å². The van der Waals surface area contributed by atoms with E-state index in [-0.39, 0.29) is 11.5 Å². The second-order valence-electron chi connectivity index (χ2n) is 5.99. The molecule has 0 amide bonds. The van der Waals surface area contributed by atoms with Gasteiger partial charge in [0.1, 0.15) is 5.82 Å². The number of aromatic nitrogens is 4. The lowest BCUT2D eigenvalue weighted by molar-refractivity contribution is 0.451. The molecule has 4 N–H and O–H groups in total. The number of aromatic amines is 2. The Morgan fingerprint density at radius 2 is 2.09 bits per heavy atom. The molecule has 1 unspecified atom stereocenters. The maximum Gasteiger partial charge on any atom is 0.232 e. The first-order valence-electron chi connectivity index (χ1n) is 7.57. The third kappa shape index (κ3) is 3.06. The highest BCUT2D eigenvalue weighted by atomic mass is 32.4. The van der Waals surface area contributed by atoms with Crippen LogP contribution >= 0.6 is 6.04 Å². The van der Waals surface area contributed by atoms with Gasteiger partial charge >= 0.3 is 0 Å². The first kappa shape index (κ1) is 15.6. The quantitative estimate of drug-likeness (QED) is 0.629. The minimum absolute atomic E-state index is 0.0784. The SMILES string of the molecule is Cc1cnc(NCC(c2nc(O)c(C)[nH]2)P2(=S)CCCC2)[nH]1. The van der Waals surface area contributed by atoms with Crippen LogP contribution in [0.4, 0.5) is 5.95 Å². The number of anilines is 1. The van der Waals surface area contributed by atoms with Crippen molar-refractivity contribution >= 4 is 23.8 Å². The van der Waals surface area contributed by atoms with Gasteiger partial charge in [-0.1, -0.05) is 11.8 Å². The molecule has 0 aromatic carbocycles. The molecule has 0 aliphatic carbocycles. The van der Waals surface area contributed by atoms with Crippen molar-refractivity contribution in [3.8, 4) is 5.88 Å². The van der Waals surface area contributed by atoms with Gasteiger partial charge in [0.2, 0.25) is 5.88 Å².